The lowest BCUT2D eigenvalue weighted by molar-refractivity contribution is 0.310. The molecule has 0 bridgehead atoms. The summed E-state index contributed by atoms with van der Waals surface area (Å²) in [5.41, 5.74) is 2.41. The number of hydrogen-bond donors (Lipinski definition) is 1. The van der Waals surface area contributed by atoms with Crippen molar-refractivity contribution in [2.24, 2.45) is 5.92 Å². The Morgan fingerprint density at radius 2 is 2.21 bits per heavy atom. The molecule has 102 valence electrons. The van der Waals surface area contributed by atoms with Crippen molar-refractivity contribution in [3.8, 4) is 0 Å². The van der Waals surface area contributed by atoms with E-state index in [1.165, 1.54) is 24.2 Å². The standard InChI is InChI=1S/C16H23N3/c1-3-10-19-15-7-5-4-6-13(15)18-16(19)14-11-12(2)8-9-17-14/h4-7,12,14,17H,3,8-11H2,1-2H3. The molecule has 2 unspecified atom stereocenters. The summed E-state index contributed by atoms with van der Waals surface area (Å²) in [5.74, 6) is 2.02. The number of hydrogen-bond acceptors (Lipinski definition) is 2. The molecule has 19 heavy (non-hydrogen) atoms. The van der Waals surface area contributed by atoms with Crippen molar-refractivity contribution in [1.29, 1.82) is 0 Å². The van der Waals surface area contributed by atoms with E-state index < -0.39 is 0 Å². The van der Waals surface area contributed by atoms with Crippen LogP contribution in [0.4, 0.5) is 0 Å². The number of piperidine rings is 1. The number of rotatable bonds is 3. The van der Waals surface area contributed by atoms with Crippen LogP contribution in [-0.4, -0.2) is 16.1 Å². The number of imidazole rings is 1. The highest BCUT2D eigenvalue weighted by Crippen LogP contribution is 2.29. The molecule has 1 aliphatic rings. The van der Waals surface area contributed by atoms with Gasteiger partial charge in [0.2, 0.25) is 0 Å². The number of fused-ring (bicyclic) bond motifs is 1. The number of benzene rings is 1. The quantitative estimate of drug-likeness (QED) is 0.912. The highest BCUT2D eigenvalue weighted by atomic mass is 15.1. The largest absolute Gasteiger partial charge is 0.327 e. The van der Waals surface area contributed by atoms with Gasteiger partial charge >= 0.3 is 0 Å². The van der Waals surface area contributed by atoms with Gasteiger partial charge in [-0.3, -0.25) is 0 Å². The predicted octanol–water partition coefficient (Wildman–Crippen LogP) is 3.51. The van der Waals surface area contributed by atoms with E-state index in [9.17, 15) is 0 Å². The third-order valence-corrected chi connectivity index (χ3v) is 4.11. The van der Waals surface area contributed by atoms with Crippen molar-refractivity contribution in [1.82, 2.24) is 14.9 Å². The maximum Gasteiger partial charge on any atom is 0.127 e. The number of aryl methyl sites for hydroxylation is 1. The number of aromatic nitrogens is 2. The molecule has 3 heteroatoms. The lowest BCUT2D eigenvalue weighted by atomic mass is 9.94. The van der Waals surface area contributed by atoms with E-state index in [1.807, 2.05) is 0 Å². The molecule has 2 atom stereocenters. The summed E-state index contributed by atoms with van der Waals surface area (Å²) < 4.78 is 2.41. The van der Waals surface area contributed by atoms with Crippen LogP contribution in [0.1, 0.15) is 45.0 Å². The van der Waals surface area contributed by atoms with Crippen molar-refractivity contribution < 1.29 is 0 Å². The van der Waals surface area contributed by atoms with E-state index >= 15 is 0 Å². The van der Waals surface area contributed by atoms with Crippen LogP contribution in [0, 0.1) is 5.92 Å². The van der Waals surface area contributed by atoms with Crippen molar-refractivity contribution in [3.05, 3.63) is 30.1 Å². The summed E-state index contributed by atoms with van der Waals surface area (Å²) in [6.45, 7) is 6.75. The summed E-state index contributed by atoms with van der Waals surface area (Å²) in [6, 6.07) is 8.91. The Labute approximate surface area is 115 Å². The molecule has 1 aromatic heterocycles. The second-order valence-corrected chi connectivity index (χ2v) is 5.75. The monoisotopic (exact) mass is 257 g/mol. The Morgan fingerprint density at radius 1 is 1.37 bits per heavy atom. The van der Waals surface area contributed by atoms with Gasteiger partial charge in [0.25, 0.3) is 0 Å². The van der Waals surface area contributed by atoms with Crippen LogP contribution in [0.15, 0.2) is 24.3 Å². The average molecular weight is 257 g/mol. The molecule has 3 rings (SSSR count). The zero-order chi connectivity index (χ0) is 13.2. The maximum absolute atomic E-state index is 4.89. The van der Waals surface area contributed by atoms with Gasteiger partial charge in [0.05, 0.1) is 17.1 Å². The van der Waals surface area contributed by atoms with Crippen LogP contribution in [-0.2, 0) is 6.54 Å². The molecule has 1 aliphatic heterocycles. The van der Waals surface area contributed by atoms with Crippen LogP contribution in [0.2, 0.25) is 0 Å². The fourth-order valence-electron chi connectivity index (χ4n) is 3.12. The third-order valence-electron chi connectivity index (χ3n) is 4.11. The predicted molar refractivity (Wildman–Crippen MR) is 79.2 cm³/mol. The van der Waals surface area contributed by atoms with Gasteiger partial charge in [-0.1, -0.05) is 26.0 Å². The number of para-hydroxylation sites is 2. The van der Waals surface area contributed by atoms with E-state index in [2.05, 4.69) is 48.0 Å². The third kappa shape index (κ3) is 2.39. The van der Waals surface area contributed by atoms with Crippen molar-refractivity contribution in [3.63, 3.8) is 0 Å². The molecular weight excluding hydrogens is 234 g/mol. The molecule has 3 nitrogen and oxygen atoms in total. The molecule has 1 saturated heterocycles. The molecule has 0 amide bonds. The van der Waals surface area contributed by atoms with Gasteiger partial charge in [-0.15, -0.1) is 0 Å². The molecule has 1 aromatic carbocycles. The zero-order valence-electron chi connectivity index (χ0n) is 11.9. The van der Waals surface area contributed by atoms with Gasteiger partial charge in [0.15, 0.2) is 0 Å². The normalized spacial score (nSPS) is 23.9. The molecule has 0 radical (unpaired) electrons. The van der Waals surface area contributed by atoms with E-state index in [-0.39, 0.29) is 0 Å². The highest BCUT2D eigenvalue weighted by Gasteiger charge is 2.24. The molecule has 1 fully saturated rings. The van der Waals surface area contributed by atoms with E-state index in [1.54, 1.807) is 0 Å². The summed E-state index contributed by atoms with van der Waals surface area (Å²) in [4.78, 5) is 4.89. The maximum atomic E-state index is 4.89. The van der Waals surface area contributed by atoms with Crippen molar-refractivity contribution in [2.75, 3.05) is 6.54 Å². The van der Waals surface area contributed by atoms with E-state index in [0.29, 0.717) is 6.04 Å². The Morgan fingerprint density at radius 3 is 3.00 bits per heavy atom. The fraction of sp³-hybridized carbons (Fsp3) is 0.562. The molecule has 2 aromatic rings. The van der Waals surface area contributed by atoms with E-state index in [0.717, 1.165) is 30.9 Å². The van der Waals surface area contributed by atoms with Gasteiger partial charge in [-0.25, -0.2) is 4.98 Å². The Hall–Kier alpha value is -1.35. The first-order valence-corrected chi connectivity index (χ1v) is 7.48. The number of nitrogens with one attached hydrogen (secondary N) is 1. The summed E-state index contributed by atoms with van der Waals surface area (Å²) in [7, 11) is 0. The van der Waals surface area contributed by atoms with Gasteiger partial charge in [0, 0.05) is 6.54 Å². The SMILES string of the molecule is CCCn1c(C2CC(C)CCN2)nc2ccccc21. The van der Waals surface area contributed by atoms with Gasteiger partial charge in [-0.2, -0.15) is 0 Å². The first kappa shape index (κ1) is 12.7. The fourth-order valence-corrected chi connectivity index (χ4v) is 3.12. The number of nitrogens with zero attached hydrogens (tertiary/aromatic N) is 2. The first-order valence-electron chi connectivity index (χ1n) is 7.48. The summed E-state index contributed by atoms with van der Waals surface area (Å²) in [5, 5.41) is 3.64. The Bertz CT molecular complexity index is 558. The summed E-state index contributed by atoms with van der Waals surface area (Å²) in [6.07, 6.45) is 3.63. The second-order valence-electron chi connectivity index (χ2n) is 5.75. The molecule has 2 heterocycles. The Balaban J connectivity index is 2.03. The van der Waals surface area contributed by atoms with Crippen LogP contribution >= 0.6 is 0 Å². The molecule has 0 aliphatic carbocycles. The minimum atomic E-state index is 0.419. The molecule has 1 N–H and O–H groups in total. The van der Waals surface area contributed by atoms with Crippen LogP contribution < -0.4 is 5.32 Å². The summed E-state index contributed by atoms with van der Waals surface area (Å²) >= 11 is 0. The van der Waals surface area contributed by atoms with Gasteiger partial charge < -0.3 is 9.88 Å². The van der Waals surface area contributed by atoms with Gasteiger partial charge in [-0.05, 0) is 43.9 Å². The molecule has 0 spiro atoms. The smallest absolute Gasteiger partial charge is 0.127 e. The van der Waals surface area contributed by atoms with Crippen LogP contribution in [0.25, 0.3) is 11.0 Å². The topological polar surface area (TPSA) is 29.9 Å². The first-order chi connectivity index (χ1) is 9.29. The molecule has 0 saturated carbocycles. The zero-order valence-corrected chi connectivity index (χ0v) is 11.9. The minimum Gasteiger partial charge on any atom is -0.327 e. The van der Waals surface area contributed by atoms with Crippen LogP contribution in [0.5, 0.6) is 0 Å². The lowest BCUT2D eigenvalue weighted by Crippen LogP contribution is -2.32. The Kier molecular flexibility index (Phi) is 3.56. The average Bonchev–Trinajstić information content (AvgIpc) is 2.79. The van der Waals surface area contributed by atoms with Gasteiger partial charge in [0.1, 0.15) is 5.82 Å². The molecular formula is C16H23N3. The lowest BCUT2D eigenvalue weighted by Gasteiger charge is -2.28. The minimum absolute atomic E-state index is 0.419. The van der Waals surface area contributed by atoms with E-state index in [4.69, 9.17) is 4.98 Å². The highest BCUT2D eigenvalue weighted by molar-refractivity contribution is 5.76. The van der Waals surface area contributed by atoms with Crippen molar-refractivity contribution in [2.45, 2.75) is 45.7 Å². The van der Waals surface area contributed by atoms with Crippen LogP contribution in [0.3, 0.4) is 0 Å². The second kappa shape index (κ2) is 5.33. The van der Waals surface area contributed by atoms with Crippen molar-refractivity contribution >= 4 is 11.0 Å².